The predicted molar refractivity (Wildman–Crippen MR) is 71.3 cm³/mol. The maximum absolute atomic E-state index is 6.02. The summed E-state index contributed by atoms with van der Waals surface area (Å²) in [6, 6.07) is 0.643. The molecule has 1 aromatic rings. The third-order valence-electron chi connectivity index (χ3n) is 3.67. The zero-order chi connectivity index (χ0) is 11.9. The molecule has 1 fully saturated rings. The van der Waals surface area contributed by atoms with Crippen molar-refractivity contribution in [3.05, 3.63) is 18.7 Å². The van der Waals surface area contributed by atoms with Gasteiger partial charge >= 0.3 is 0 Å². The molecule has 0 saturated heterocycles. The number of halogens is 1. The summed E-state index contributed by atoms with van der Waals surface area (Å²) in [5.74, 6) is 1.48. The fourth-order valence-corrected chi connectivity index (χ4v) is 3.00. The lowest BCUT2D eigenvalue weighted by atomic mass is 9.86. The van der Waals surface area contributed by atoms with E-state index in [1.165, 1.54) is 25.7 Å². The van der Waals surface area contributed by atoms with E-state index in [4.69, 9.17) is 11.6 Å². The molecule has 2 unspecified atom stereocenters. The van der Waals surface area contributed by atoms with E-state index in [2.05, 4.69) is 14.9 Å². The molecule has 4 heteroatoms. The van der Waals surface area contributed by atoms with Gasteiger partial charge in [0.2, 0.25) is 0 Å². The van der Waals surface area contributed by atoms with Crippen molar-refractivity contribution in [1.82, 2.24) is 14.9 Å². The first-order chi connectivity index (χ1) is 8.40. The summed E-state index contributed by atoms with van der Waals surface area (Å²) in [5, 5.41) is 3.67. The van der Waals surface area contributed by atoms with Crippen molar-refractivity contribution in [2.45, 2.75) is 44.7 Å². The fraction of sp³-hybridized carbons (Fsp3) is 0.769. The summed E-state index contributed by atoms with van der Waals surface area (Å²) in [5.41, 5.74) is 0. The Morgan fingerprint density at radius 2 is 2.24 bits per heavy atom. The van der Waals surface area contributed by atoms with Gasteiger partial charge in [0.25, 0.3) is 0 Å². The number of aromatic nitrogens is 2. The lowest BCUT2D eigenvalue weighted by molar-refractivity contribution is 0.282. The van der Waals surface area contributed by atoms with Crippen molar-refractivity contribution >= 4 is 11.6 Å². The van der Waals surface area contributed by atoms with Gasteiger partial charge < -0.3 is 9.88 Å². The number of nitrogens with zero attached hydrogens (tertiary/aromatic N) is 2. The fourth-order valence-electron chi connectivity index (χ4n) is 2.63. The van der Waals surface area contributed by atoms with E-state index >= 15 is 0 Å². The van der Waals surface area contributed by atoms with Crippen LogP contribution in [0.25, 0.3) is 0 Å². The zero-order valence-electron chi connectivity index (χ0n) is 10.3. The van der Waals surface area contributed by atoms with Crippen molar-refractivity contribution in [2.75, 3.05) is 12.4 Å². The lowest BCUT2D eigenvalue weighted by Gasteiger charge is -2.31. The first-order valence-corrected chi connectivity index (χ1v) is 7.18. The first kappa shape index (κ1) is 12.9. The second-order valence-electron chi connectivity index (χ2n) is 4.91. The Labute approximate surface area is 109 Å². The summed E-state index contributed by atoms with van der Waals surface area (Å²) in [7, 11) is 0. The molecule has 1 heterocycles. The van der Waals surface area contributed by atoms with Crippen LogP contribution in [0.5, 0.6) is 0 Å². The van der Waals surface area contributed by atoms with Gasteiger partial charge in [-0.1, -0.05) is 12.8 Å². The van der Waals surface area contributed by atoms with Gasteiger partial charge in [-0.2, -0.15) is 0 Å². The number of alkyl halides is 1. The molecule has 3 nitrogen and oxygen atoms in total. The maximum atomic E-state index is 6.02. The van der Waals surface area contributed by atoms with Gasteiger partial charge in [-0.05, 0) is 31.7 Å². The van der Waals surface area contributed by atoms with Gasteiger partial charge in [-0.25, -0.2) is 4.98 Å². The highest BCUT2D eigenvalue weighted by Crippen LogP contribution is 2.25. The van der Waals surface area contributed by atoms with Crippen molar-refractivity contribution in [3.8, 4) is 0 Å². The molecule has 0 bridgehead atoms. The normalized spacial score (nSPS) is 25.0. The van der Waals surface area contributed by atoms with Crippen molar-refractivity contribution < 1.29 is 0 Å². The number of imidazole rings is 1. The Hall–Kier alpha value is -0.540. The van der Waals surface area contributed by atoms with Crippen LogP contribution in [-0.4, -0.2) is 28.0 Å². The number of aryl methyl sites for hydroxylation is 1. The number of hydrogen-bond acceptors (Lipinski definition) is 2. The molecule has 1 N–H and O–H groups in total. The third kappa shape index (κ3) is 4.00. The summed E-state index contributed by atoms with van der Waals surface area (Å²) in [4.78, 5) is 4.04. The van der Waals surface area contributed by atoms with Gasteiger partial charge in [0, 0.05) is 30.9 Å². The molecule has 0 spiro atoms. The molecule has 0 aliphatic heterocycles. The van der Waals surface area contributed by atoms with E-state index in [1.54, 1.807) is 0 Å². The van der Waals surface area contributed by atoms with Crippen LogP contribution in [0.1, 0.15) is 32.1 Å². The van der Waals surface area contributed by atoms with E-state index in [0.717, 1.165) is 25.4 Å². The van der Waals surface area contributed by atoms with E-state index in [0.29, 0.717) is 12.0 Å². The average Bonchev–Trinajstić information content (AvgIpc) is 2.88. The first-order valence-electron chi connectivity index (χ1n) is 6.65. The zero-order valence-corrected chi connectivity index (χ0v) is 11.1. The van der Waals surface area contributed by atoms with E-state index in [9.17, 15) is 0 Å². The average molecular weight is 256 g/mol. The molecule has 1 aliphatic rings. The molecule has 1 saturated carbocycles. The van der Waals surface area contributed by atoms with Crippen LogP contribution in [-0.2, 0) is 6.54 Å². The molecule has 0 amide bonds. The van der Waals surface area contributed by atoms with Crippen LogP contribution in [0.2, 0.25) is 0 Å². The molecule has 0 aromatic carbocycles. The highest BCUT2D eigenvalue weighted by Gasteiger charge is 2.23. The molecule has 2 atom stereocenters. The number of rotatable bonds is 6. The summed E-state index contributed by atoms with van der Waals surface area (Å²) < 4.78 is 2.13. The van der Waals surface area contributed by atoms with Crippen LogP contribution >= 0.6 is 11.6 Å². The van der Waals surface area contributed by atoms with Crippen LogP contribution in [0.15, 0.2) is 18.7 Å². The quantitative estimate of drug-likeness (QED) is 0.626. The SMILES string of the molecule is ClCC1CCCCC1NCCCn1ccnc1. The van der Waals surface area contributed by atoms with E-state index in [1.807, 2.05) is 18.7 Å². The van der Waals surface area contributed by atoms with Gasteiger partial charge in [0.15, 0.2) is 0 Å². The van der Waals surface area contributed by atoms with E-state index < -0.39 is 0 Å². The Morgan fingerprint density at radius 3 is 3.00 bits per heavy atom. The monoisotopic (exact) mass is 255 g/mol. The highest BCUT2D eigenvalue weighted by atomic mass is 35.5. The van der Waals surface area contributed by atoms with Crippen molar-refractivity contribution in [1.29, 1.82) is 0 Å². The Kier molecular flexibility index (Phi) is 5.33. The predicted octanol–water partition coefficient (Wildman–Crippen LogP) is 2.66. The summed E-state index contributed by atoms with van der Waals surface area (Å²) >= 11 is 6.02. The Bertz CT molecular complexity index is 300. The molecular formula is C13H22ClN3. The molecule has 0 radical (unpaired) electrons. The highest BCUT2D eigenvalue weighted by molar-refractivity contribution is 6.18. The molecule has 1 aromatic heterocycles. The smallest absolute Gasteiger partial charge is 0.0945 e. The molecular weight excluding hydrogens is 234 g/mol. The number of nitrogens with one attached hydrogen (secondary N) is 1. The third-order valence-corrected chi connectivity index (χ3v) is 4.06. The van der Waals surface area contributed by atoms with Gasteiger partial charge in [0.1, 0.15) is 0 Å². The summed E-state index contributed by atoms with van der Waals surface area (Å²) in [6.45, 7) is 2.13. The van der Waals surface area contributed by atoms with Crippen LogP contribution in [0.4, 0.5) is 0 Å². The van der Waals surface area contributed by atoms with Crippen molar-refractivity contribution in [3.63, 3.8) is 0 Å². The topological polar surface area (TPSA) is 29.9 Å². The minimum absolute atomic E-state index is 0.643. The minimum Gasteiger partial charge on any atom is -0.337 e. The molecule has 1 aliphatic carbocycles. The lowest BCUT2D eigenvalue weighted by Crippen LogP contribution is -2.40. The standard InChI is InChI=1S/C13H22ClN3/c14-10-12-4-1-2-5-13(12)16-6-3-8-17-9-7-15-11-17/h7,9,11-13,16H,1-6,8,10H2. The van der Waals surface area contributed by atoms with Crippen LogP contribution < -0.4 is 5.32 Å². The number of hydrogen-bond donors (Lipinski definition) is 1. The largest absolute Gasteiger partial charge is 0.337 e. The minimum atomic E-state index is 0.643. The van der Waals surface area contributed by atoms with Crippen LogP contribution in [0.3, 0.4) is 0 Å². The summed E-state index contributed by atoms with van der Waals surface area (Å²) in [6.07, 6.45) is 12.2. The van der Waals surface area contributed by atoms with Gasteiger partial charge in [-0.3, -0.25) is 0 Å². The van der Waals surface area contributed by atoms with Crippen molar-refractivity contribution in [2.24, 2.45) is 5.92 Å². The molecule has 96 valence electrons. The second-order valence-corrected chi connectivity index (χ2v) is 5.22. The Balaban J connectivity index is 1.63. The molecule has 17 heavy (non-hydrogen) atoms. The maximum Gasteiger partial charge on any atom is 0.0945 e. The van der Waals surface area contributed by atoms with Gasteiger partial charge in [-0.15, -0.1) is 11.6 Å². The van der Waals surface area contributed by atoms with E-state index in [-0.39, 0.29) is 0 Å². The van der Waals surface area contributed by atoms with Crippen LogP contribution in [0, 0.1) is 5.92 Å². The van der Waals surface area contributed by atoms with Gasteiger partial charge in [0.05, 0.1) is 6.33 Å². The molecule has 2 rings (SSSR count). The Morgan fingerprint density at radius 1 is 1.35 bits per heavy atom. The second kappa shape index (κ2) is 7.02.